The zero-order chi connectivity index (χ0) is 10.8. The number of hydrogen-bond acceptors (Lipinski definition) is 3. The summed E-state index contributed by atoms with van der Waals surface area (Å²) in [6.45, 7) is 1.69. The fraction of sp³-hybridized carbons (Fsp3) is 0.364. The number of primary amides is 1. The molecular formula is C11H15N3O. The highest BCUT2D eigenvalue weighted by molar-refractivity contribution is 5.98. The van der Waals surface area contributed by atoms with Gasteiger partial charge in [0.25, 0.3) is 5.91 Å². The number of amides is 1. The van der Waals surface area contributed by atoms with Gasteiger partial charge in [-0.1, -0.05) is 12.1 Å². The summed E-state index contributed by atoms with van der Waals surface area (Å²) in [4.78, 5) is 13.3. The Bertz CT molecular complexity index is 378. The Hall–Kier alpha value is -1.55. The van der Waals surface area contributed by atoms with Crippen molar-refractivity contribution in [2.24, 2.45) is 11.5 Å². The molecule has 1 aliphatic heterocycles. The second kappa shape index (κ2) is 3.90. The first-order chi connectivity index (χ1) is 7.18. The number of nitrogens with zero attached hydrogens (tertiary/aromatic N) is 1. The number of carbonyl (C=O) groups excluding carboxylic acids is 1. The Morgan fingerprint density at radius 2 is 2.13 bits per heavy atom. The van der Waals surface area contributed by atoms with Crippen LogP contribution in [0, 0.1) is 0 Å². The quantitative estimate of drug-likeness (QED) is 0.730. The Kier molecular flexibility index (Phi) is 2.60. The van der Waals surface area contributed by atoms with Crippen LogP contribution in [0.1, 0.15) is 16.8 Å². The van der Waals surface area contributed by atoms with E-state index in [0.717, 1.165) is 25.2 Å². The molecule has 1 saturated heterocycles. The lowest BCUT2D eigenvalue weighted by molar-refractivity contribution is 0.100. The summed E-state index contributed by atoms with van der Waals surface area (Å²) in [5, 5.41) is 0. The van der Waals surface area contributed by atoms with E-state index in [1.165, 1.54) is 0 Å². The second-order valence-corrected chi connectivity index (χ2v) is 3.88. The van der Waals surface area contributed by atoms with Crippen molar-refractivity contribution in [3.05, 3.63) is 29.8 Å². The third-order valence-electron chi connectivity index (χ3n) is 2.73. The van der Waals surface area contributed by atoms with Gasteiger partial charge >= 0.3 is 0 Å². The van der Waals surface area contributed by atoms with Crippen molar-refractivity contribution in [3.63, 3.8) is 0 Å². The van der Waals surface area contributed by atoms with E-state index in [2.05, 4.69) is 4.90 Å². The van der Waals surface area contributed by atoms with Crippen LogP contribution in [0.4, 0.5) is 5.69 Å². The standard InChI is InChI=1S/C11H15N3O/c12-8-5-6-14(7-8)10-4-2-1-3-9(10)11(13)15/h1-4,8H,5-7,12H2,(H2,13,15)/t8-/m0/s1. The summed E-state index contributed by atoms with van der Waals surface area (Å²) in [6.07, 6.45) is 0.965. The largest absolute Gasteiger partial charge is 0.369 e. The first-order valence-corrected chi connectivity index (χ1v) is 5.08. The molecule has 4 nitrogen and oxygen atoms in total. The molecule has 1 aliphatic rings. The maximum Gasteiger partial charge on any atom is 0.250 e. The van der Waals surface area contributed by atoms with Gasteiger partial charge in [-0.05, 0) is 18.6 Å². The third-order valence-corrected chi connectivity index (χ3v) is 2.73. The molecule has 0 aliphatic carbocycles. The summed E-state index contributed by atoms with van der Waals surface area (Å²) < 4.78 is 0. The van der Waals surface area contributed by atoms with Crippen molar-refractivity contribution < 1.29 is 4.79 Å². The van der Waals surface area contributed by atoms with E-state index in [0.29, 0.717) is 5.56 Å². The minimum Gasteiger partial charge on any atom is -0.369 e. The molecule has 4 heteroatoms. The van der Waals surface area contributed by atoms with E-state index in [1.807, 2.05) is 18.2 Å². The number of carbonyl (C=O) groups is 1. The fourth-order valence-electron chi connectivity index (χ4n) is 1.96. The first-order valence-electron chi connectivity index (χ1n) is 5.08. The maximum absolute atomic E-state index is 11.2. The van der Waals surface area contributed by atoms with Crippen molar-refractivity contribution in [3.8, 4) is 0 Å². The predicted molar refractivity (Wildman–Crippen MR) is 59.8 cm³/mol. The van der Waals surface area contributed by atoms with Gasteiger partial charge in [0.15, 0.2) is 0 Å². The van der Waals surface area contributed by atoms with Crippen LogP contribution < -0.4 is 16.4 Å². The molecule has 1 aromatic rings. The Morgan fingerprint density at radius 3 is 2.73 bits per heavy atom. The summed E-state index contributed by atoms with van der Waals surface area (Å²) in [5.74, 6) is -0.383. The molecule has 1 atom stereocenters. The van der Waals surface area contributed by atoms with Crippen molar-refractivity contribution in [2.45, 2.75) is 12.5 Å². The molecule has 0 aromatic heterocycles. The average Bonchev–Trinajstić information content (AvgIpc) is 2.65. The van der Waals surface area contributed by atoms with Gasteiger partial charge in [-0.2, -0.15) is 0 Å². The van der Waals surface area contributed by atoms with Crippen LogP contribution in [0.15, 0.2) is 24.3 Å². The molecule has 0 unspecified atom stereocenters. The third kappa shape index (κ3) is 1.94. The van der Waals surface area contributed by atoms with Crippen LogP contribution in [0.3, 0.4) is 0 Å². The Morgan fingerprint density at radius 1 is 1.40 bits per heavy atom. The Labute approximate surface area is 88.9 Å². The highest BCUT2D eigenvalue weighted by atomic mass is 16.1. The highest BCUT2D eigenvalue weighted by Crippen LogP contribution is 2.23. The molecule has 1 aromatic carbocycles. The zero-order valence-electron chi connectivity index (χ0n) is 8.52. The van der Waals surface area contributed by atoms with Gasteiger partial charge in [-0.25, -0.2) is 0 Å². The number of para-hydroxylation sites is 1. The molecule has 15 heavy (non-hydrogen) atoms. The van der Waals surface area contributed by atoms with Crippen molar-refractivity contribution in [2.75, 3.05) is 18.0 Å². The smallest absolute Gasteiger partial charge is 0.250 e. The SMILES string of the molecule is NC(=O)c1ccccc1N1CC[C@H](N)C1. The average molecular weight is 205 g/mol. The van der Waals surface area contributed by atoms with E-state index in [9.17, 15) is 4.79 Å². The van der Waals surface area contributed by atoms with Gasteiger partial charge in [0.2, 0.25) is 0 Å². The molecule has 80 valence electrons. The van der Waals surface area contributed by atoms with Crippen molar-refractivity contribution >= 4 is 11.6 Å². The van der Waals surface area contributed by atoms with Gasteiger partial charge < -0.3 is 16.4 Å². The number of nitrogens with two attached hydrogens (primary N) is 2. The summed E-state index contributed by atoms with van der Waals surface area (Å²) in [7, 11) is 0. The van der Waals surface area contributed by atoms with Crippen LogP contribution in [0.25, 0.3) is 0 Å². The highest BCUT2D eigenvalue weighted by Gasteiger charge is 2.22. The summed E-state index contributed by atoms with van der Waals surface area (Å²) >= 11 is 0. The zero-order valence-corrected chi connectivity index (χ0v) is 8.52. The van der Waals surface area contributed by atoms with Crippen LogP contribution in [0.2, 0.25) is 0 Å². The first kappa shape index (κ1) is 9.98. The molecule has 0 bridgehead atoms. The fourth-order valence-corrected chi connectivity index (χ4v) is 1.96. The maximum atomic E-state index is 11.2. The van der Waals surface area contributed by atoms with Crippen LogP contribution in [-0.4, -0.2) is 25.0 Å². The van der Waals surface area contributed by atoms with E-state index < -0.39 is 0 Å². The van der Waals surface area contributed by atoms with Crippen LogP contribution in [-0.2, 0) is 0 Å². The van der Waals surface area contributed by atoms with E-state index in [4.69, 9.17) is 11.5 Å². The molecule has 0 spiro atoms. The molecule has 1 fully saturated rings. The molecule has 1 amide bonds. The lowest BCUT2D eigenvalue weighted by Crippen LogP contribution is -2.28. The molecule has 2 rings (SSSR count). The minimum absolute atomic E-state index is 0.200. The molecule has 4 N–H and O–H groups in total. The topological polar surface area (TPSA) is 72.4 Å². The van der Waals surface area contributed by atoms with Gasteiger partial charge in [0, 0.05) is 24.8 Å². The monoisotopic (exact) mass is 205 g/mol. The molecule has 0 radical (unpaired) electrons. The summed E-state index contributed by atoms with van der Waals surface area (Å²) in [5.41, 5.74) is 12.6. The van der Waals surface area contributed by atoms with Gasteiger partial charge in [0.1, 0.15) is 0 Å². The van der Waals surface area contributed by atoms with Gasteiger partial charge in [-0.15, -0.1) is 0 Å². The number of benzene rings is 1. The van der Waals surface area contributed by atoms with E-state index >= 15 is 0 Å². The van der Waals surface area contributed by atoms with Gasteiger partial charge in [0.05, 0.1) is 5.56 Å². The minimum atomic E-state index is -0.383. The van der Waals surface area contributed by atoms with Crippen LogP contribution >= 0.6 is 0 Å². The lowest BCUT2D eigenvalue weighted by Gasteiger charge is -2.20. The summed E-state index contributed by atoms with van der Waals surface area (Å²) in [6, 6.07) is 7.59. The van der Waals surface area contributed by atoms with Crippen molar-refractivity contribution in [1.82, 2.24) is 0 Å². The number of anilines is 1. The van der Waals surface area contributed by atoms with E-state index in [-0.39, 0.29) is 11.9 Å². The Balaban J connectivity index is 2.31. The van der Waals surface area contributed by atoms with E-state index in [1.54, 1.807) is 6.07 Å². The normalized spacial score (nSPS) is 20.6. The predicted octanol–water partition coefficient (Wildman–Crippen LogP) is 0.323. The molecular weight excluding hydrogens is 190 g/mol. The number of rotatable bonds is 2. The lowest BCUT2D eigenvalue weighted by atomic mass is 10.1. The van der Waals surface area contributed by atoms with Crippen LogP contribution in [0.5, 0.6) is 0 Å². The number of hydrogen-bond donors (Lipinski definition) is 2. The molecule has 0 saturated carbocycles. The van der Waals surface area contributed by atoms with Gasteiger partial charge in [-0.3, -0.25) is 4.79 Å². The van der Waals surface area contributed by atoms with Crippen molar-refractivity contribution in [1.29, 1.82) is 0 Å². The molecule has 1 heterocycles. The second-order valence-electron chi connectivity index (χ2n) is 3.88.